The highest BCUT2D eigenvalue weighted by Gasteiger charge is 1.87. The van der Waals surface area contributed by atoms with Gasteiger partial charge in [-0.25, -0.2) is 0 Å². The molecule has 11 heavy (non-hydrogen) atoms. The highest BCUT2D eigenvalue weighted by Crippen LogP contribution is 2.04. The fraction of sp³-hybridized carbons (Fsp3) is 0. The van der Waals surface area contributed by atoms with E-state index in [1.807, 2.05) is 18.2 Å². The summed E-state index contributed by atoms with van der Waals surface area (Å²) < 4.78 is 0. The average Bonchev–Trinajstić information content (AvgIpc) is 2.07. The van der Waals surface area contributed by atoms with Crippen molar-refractivity contribution in [2.75, 3.05) is 0 Å². The molecule has 0 aliphatic rings. The van der Waals surface area contributed by atoms with Crippen molar-refractivity contribution in [1.82, 2.24) is 0 Å². The zero-order valence-corrected chi connectivity index (χ0v) is 6.12. The largest absolute Gasteiger partial charge is 0.192 e. The Hall–Kier alpha value is -1.55. The van der Waals surface area contributed by atoms with Crippen LogP contribution in [-0.2, 0) is 0 Å². The minimum absolute atomic E-state index is 0.686. The summed E-state index contributed by atoms with van der Waals surface area (Å²) in [5, 5.41) is 8.48. The molecule has 0 saturated heterocycles. The van der Waals surface area contributed by atoms with Crippen LogP contribution in [0.2, 0.25) is 0 Å². The molecular weight excluding hydrogens is 134 g/mol. The van der Waals surface area contributed by atoms with Crippen LogP contribution in [-0.4, -0.2) is 0 Å². The zero-order chi connectivity index (χ0) is 8.10. The van der Waals surface area contributed by atoms with E-state index in [1.165, 1.54) is 0 Å². The summed E-state index contributed by atoms with van der Waals surface area (Å²) in [6.07, 6.45) is 3.61. The molecule has 0 aliphatic carbocycles. The molecule has 0 fully saturated rings. The van der Waals surface area contributed by atoms with Gasteiger partial charge in [0, 0.05) is 0 Å². The molecule has 0 heterocycles. The standard InChI is InChI=1S/C10H8N/c1-2-3-9-4-6-10(8-11)7-5-9/h2-7H,1H2. The maximum atomic E-state index is 8.48. The molecule has 0 aliphatic heterocycles. The second-order valence-corrected chi connectivity index (χ2v) is 2.14. The second kappa shape index (κ2) is 3.58. The van der Waals surface area contributed by atoms with E-state index >= 15 is 0 Å². The maximum absolute atomic E-state index is 8.48. The fourth-order valence-corrected chi connectivity index (χ4v) is 0.805. The van der Waals surface area contributed by atoms with Gasteiger partial charge >= 0.3 is 0 Å². The summed E-state index contributed by atoms with van der Waals surface area (Å²) in [7, 11) is 0. The topological polar surface area (TPSA) is 23.8 Å². The van der Waals surface area contributed by atoms with Crippen molar-refractivity contribution in [3.05, 3.63) is 48.4 Å². The number of hydrogen-bond acceptors (Lipinski definition) is 1. The number of benzene rings is 1. The molecular formula is C10H8N. The van der Waals surface area contributed by atoms with Crippen molar-refractivity contribution in [2.45, 2.75) is 0 Å². The first-order valence-corrected chi connectivity index (χ1v) is 3.33. The SMILES string of the molecule is [CH2]C=Cc1ccc(C#N)cc1. The van der Waals surface area contributed by atoms with Crippen LogP contribution < -0.4 is 0 Å². The summed E-state index contributed by atoms with van der Waals surface area (Å²) in [4.78, 5) is 0. The molecule has 1 heteroatoms. The minimum Gasteiger partial charge on any atom is -0.192 e. The Morgan fingerprint density at radius 1 is 1.27 bits per heavy atom. The van der Waals surface area contributed by atoms with E-state index in [4.69, 9.17) is 5.26 Å². The van der Waals surface area contributed by atoms with Crippen molar-refractivity contribution in [3.8, 4) is 6.07 Å². The highest BCUT2D eigenvalue weighted by molar-refractivity contribution is 5.51. The summed E-state index contributed by atoms with van der Waals surface area (Å²) >= 11 is 0. The van der Waals surface area contributed by atoms with Gasteiger partial charge in [-0.05, 0) is 24.6 Å². The molecule has 1 nitrogen and oxygen atoms in total. The van der Waals surface area contributed by atoms with Crippen LogP contribution >= 0.6 is 0 Å². The van der Waals surface area contributed by atoms with Gasteiger partial charge in [0.2, 0.25) is 0 Å². The zero-order valence-electron chi connectivity index (χ0n) is 6.12. The molecule has 0 aromatic heterocycles. The number of rotatable bonds is 1. The second-order valence-electron chi connectivity index (χ2n) is 2.14. The Bertz CT molecular complexity index is 288. The predicted octanol–water partition coefficient (Wildman–Crippen LogP) is 2.41. The molecule has 0 unspecified atom stereocenters. The third-order valence-electron chi connectivity index (χ3n) is 1.35. The fourth-order valence-electron chi connectivity index (χ4n) is 0.805. The van der Waals surface area contributed by atoms with Gasteiger partial charge in [0.25, 0.3) is 0 Å². The molecule has 0 N–H and O–H groups in total. The van der Waals surface area contributed by atoms with Crippen LogP contribution in [0, 0.1) is 18.3 Å². The normalized spacial score (nSPS) is 9.82. The van der Waals surface area contributed by atoms with Crippen molar-refractivity contribution in [2.24, 2.45) is 0 Å². The molecule has 1 rings (SSSR count). The Kier molecular flexibility index (Phi) is 2.46. The summed E-state index contributed by atoms with van der Waals surface area (Å²) in [6, 6.07) is 9.41. The van der Waals surface area contributed by atoms with Gasteiger partial charge < -0.3 is 0 Å². The van der Waals surface area contributed by atoms with Gasteiger partial charge in [0.05, 0.1) is 11.6 Å². The van der Waals surface area contributed by atoms with E-state index < -0.39 is 0 Å². The van der Waals surface area contributed by atoms with E-state index in [0.717, 1.165) is 5.56 Å². The number of hydrogen-bond donors (Lipinski definition) is 0. The van der Waals surface area contributed by atoms with E-state index in [-0.39, 0.29) is 0 Å². The third-order valence-corrected chi connectivity index (χ3v) is 1.35. The predicted molar refractivity (Wildman–Crippen MR) is 45.5 cm³/mol. The van der Waals surface area contributed by atoms with Gasteiger partial charge in [-0.3, -0.25) is 0 Å². The lowest BCUT2D eigenvalue weighted by Crippen LogP contribution is -1.73. The third kappa shape index (κ3) is 1.94. The summed E-state index contributed by atoms with van der Waals surface area (Å²) in [5.41, 5.74) is 1.75. The first kappa shape index (κ1) is 7.56. The van der Waals surface area contributed by atoms with Gasteiger partial charge in [0.15, 0.2) is 0 Å². The molecule has 0 bridgehead atoms. The lowest BCUT2D eigenvalue weighted by molar-refractivity contribution is 1.48. The van der Waals surface area contributed by atoms with E-state index in [1.54, 1.807) is 18.2 Å². The lowest BCUT2D eigenvalue weighted by Gasteiger charge is -1.90. The Labute approximate surface area is 66.6 Å². The van der Waals surface area contributed by atoms with Crippen LogP contribution in [0.4, 0.5) is 0 Å². The Morgan fingerprint density at radius 2 is 1.91 bits per heavy atom. The Morgan fingerprint density at radius 3 is 2.36 bits per heavy atom. The van der Waals surface area contributed by atoms with E-state index in [0.29, 0.717) is 5.56 Å². The highest BCUT2D eigenvalue weighted by atomic mass is 14.2. The molecule has 1 aromatic carbocycles. The number of nitriles is 1. The minimum atomic E-state index is 0.686. The first-order chi connectivity index (χ1) is 5.36. The van der Waals surface area contributed by atoms with Crippen LogP contribution in [0.25, 0.3) is 6.08 Å². The van der Waals surface area contributed by atoms with Gasteiger partial charge in [-0.1, -0.05) is 24.3 Å². The molecule has 0 atom stereocenters. The summed E-state index contributed by atoms with van der Waals surface area (Å²) in [6.45, 7) is 3.58. The lowest BCUT2D eigenvalue weighted by atomic mass is 10.1. The van der Waals surface area contributed by atoms with Crippen LogP contribution in [0.5, 0.6) is 0 Å². The molecule has 53 valence electrons. The molecule has 1 radical (unpaired) electrons. The Balaban J connectivity index is 2.94. The van der Waals surface area contributed by atoms with Crippen molar-refractivity contribution in [3.63, 3.8) is 0 Å². The van der Waals surface area contributed by atoms with Crippen molar-refractivity contribution in [1.29, 1.82) is 5.26 Å². The maximum Gasteiger partial charge on any atom is 0.0991 e. The molecule has 0 saturated carbocycles. The number of allylic oxidation sites excluding steroid dienone is 1. The molecule has 0 amide bonds. The molecule has 0 spiro atoms. The monoisotopic (exact) mass is 142 g/mol. The average molecular weight is 142 g/mol. The van der Waals surface area contributed by atoms with Crippen LogP contribution in [0.1, 0.15) is 11.1 Å². The van der Waals surface area contributed by atoms with Crippen LogP contribution in [0.3, 0.4) is 0 Å². The first-order valence-electron chi connectivity index (χ1n) is 3.33. The van der Waals surface area contributed by atoms with Gasteiger partial charge in [0.1, 0.15) is 0 Å². The van der Waals surface area contributed by atoms with Crippen molar-refractivity contribution < 1.29 is 0 Å². The number of nitrogens with zero attached hydrogens (tertiary/aromatic N) is 1. The van der Waals surface area contributed by atoms with Crippen LogP contribution in [0.15, 0.2) is 30.3 Å². The van der Waals surface area contributed by atoms with E-state index in [9.17, 15) is 0 Å². The van der Waals surface area contributed by atoms with Gasteiger partial charge in [-0.15, -0.1) is 0 Å². The smallest absolute Gasteiger partial charge is 0.0991 e. The van der Waals surface area contributed by atoms with Gasteiger partial charge in [-0.2, -0.15) is 5.26 Å². The quantitative estimate of drug-likeness (QED) is 0.590. The molecule has 1 aromatic rings. The van der Waals surface area contributed by atoms with Crippen molar-refractivity contribution >= 4 is 6.08 Å². The van der Waals surface area contributed by atoms with E-state index in [2.05, 4.69) is 13.0 Å². The summed E-state index contributed by atoms with van der Waals surface area (Å²) in [5.74, 6) is 0.